The van der Waals surface area contributed by atoms with Crippen LogP contribution in [0.1, 0.15) is 69.2 Å². The minimum absolute atomic E-state index is 0.588. The molecule has 3 nitrogen and oxygen atoms in total. The van der Waals surface area contributed by atoms with Gasteiger partial charge in [-0.05, 0) is 40.9 Å². The zero-order valence-electron chi connectivity index (χ0n) is 13.7. The highest BCUT2D eigenvalue weighted by molar-refractivity contribution is 9.10. The second kappa shape index (κ2) is 11.5. The summed E-state index contributed by atoms with van der Waals surface area (Å²) in [5, 5.41) is 0. The van der Waals surface area contributed by atoms with Gasteiger partial charge in [0, 0.05) is 5.56 Å². The highest BCUT2D eigenvalue weighted by Crippen LogP contribution is 2.36. The summed E-state index contributed by atoms with van der Waals surface area (Å²) in [7, 11) is 0. The zero-order chi connectivity index (χ0) is 16.2. The van der Waals surface area contributed by atoms with Crippen molar-refractivity contribution in [1.29, 1.82) is 0 Å². The second-order valence-electron chi connectivity index (χ2n) is 5.41. The Balaban J connectivity index is 2.54. The van der Waals surface area contributed by atoms with Gasteiger partial charge in [0.15, 0.2) is 11.5 Å². The van der Waals surface area contributed by atoms with E-state index in [0.29, 0.717) is 30.3 Å². The lowest BCUT2D eigenvalue weighted by Crippen LogP contribution is -2.03. The first kappa shape index (κ1) is 19.0. The third-order valence-corrected chi connectivity index (χ3v) is 3.96. The van der Waals surface area contributed by atoms with Gasteiger partial charge in [-0.15, -0.1) is 0 Å². The summed E-state index contributed by atoms with van der Waals surface area (Å²) < 4.78 is 12.4. The maximum atomic E-state index is 11.0. The standard InChI is InChI=1S/C18H27BrO3/c1-3-5-6-7-8-9-11-22-18-16(19)12-15(14-20)13-17(18)21-10-4-2/h12-14H,3-11H2,1-2H3. The summed E-state index contributed by atoms with van der Waals surface area (Å²) in [6.45, 7) is 5.56. The predicted molar refractivity (Wildman–Crippen MR) is 94.2 cm³/mol. The van der Waals surface area contributed by atoms with Gasteiger partial charge in [-0.3, -0.25) is 4.79 Å². The first-order chi connectivity index (χ1) is 10.7. The molecule has 1 rings (SSSR count). The van der Waals surface area contributed by atoms with Crippen molar-refractivity contribution in [2.75, 3.05) is 13.2 Å². The van der Waals surface area contributed by atoms with E-state index in [1.165, 1.54) is 32.1 Å². The third-order valence-electron chi connectivity index (χ3n) is 3.37. The molecule has 0 spiro atoms. The largest absolute Gasteiger partial charge is 0.490 e. The zero-order valence-corrected chi connectivity index (χ0v) is 15.3. The van der Waals surface area contributed by atoms with Crippen molar-refractivity contribution in [3.8, 4) is 11.5 Å². The first-order valence-corrected chi connectivity index (χ1v) is 9.06. The summed E-state index contributed by atoms with van der Waals surface area (Å²) in [5.74, 6) is 1.34. The number of hydrogen-bond donors (Lipinski definition) is 0. The number of aldehydes is 1. The van der Waals surface area contributed by atoms with Gasteiger partial charge in [0.2, 0.25) is 0 Å². The Morgan fingerprint density at radius 1 is 0.955 bits per heavy atom. The van der Waals surface area contributed by atoms with Gasteiger partial charge in [-0.25, -0.2) is 0 Å². The number of benzene rings is 1. The quantitative estimate of drug-likeness (QED) is 0.345. The summed E-state index contributed by atoms with van der Waals surface area (Å²) in [5.41, 5.74) is 0.588. The SMILES string of the molecule is CCCCCCCCOc1c(Br)cc(C=O)cc1OCCC. The van der Waals surface area contributed by atoms with E-state index < -0.39 is 0 Å². The smallest absolute Gasteiger partial charge is 0.175 e. The van der Waals surface area contributed by atoms with Crippen molar-refractivity contribution in [3.05, 3.63) is 22.2 Å². The molecule has 22 heavy (non-hydrogen) atoms. The summed E-state index contributed by atoms with van der Waals surface area (Å²) >= 11 is 3.47. The van der Waals surface area contributed by atoms with Crippen LogP contribution >= 0.6 is 15.9 Å². The van der Waals surface area contributed by atoms with Crippen LogP contribution in [0.15, 0.2) is 16.6 Å². The van der Waals surface area contributed by atoms with E-state index in [9.17, 15) is 4.79 Å². The Kier molecular flexibility index (Phi) is 9.96. The molecule has 0 amide bonds. The average Bonchev–Trinajstić information content (AvgIpc) is 2.53. The van der Waals surface area contributed by atoms with Crippen LogP contribution in [0.4, 0.5) is 0 Å². The Labute approximate surface area is 142 Å². The minimum Gasteiger partial charge on any atom is -0.490 e. The van der Waals surface area contributed by atoms with E-state index in [4.69, 9.17) is 9.47 Å². The van der Waals surface area contributed by atoms with Crippen LogP contribution in [-0.4, -0.2) is 19.5 Å². The van der Waals surface area contributed by atoms with Crippen LogP contribution in [0, 0.1) is 0 Å². The molecule has 0 aliphatic rings. The number of hydrogen-bond acceptors (Lipinski definition) is 3. The molecule has 0 atom stereocenters. The lowest BCUT2D eigenvalue weighted by molar-refractivity contribution is 0.112. The highest BCUT2D eigenvalue weighted by atomic mass is 79.9. The van der Waals surface area contributed by atoms with Crippen LogP contribution in [0.2, 0.25) is 0 Å². The number of carbonyl (C=O) groups is 1. The van der Waals surface area contributed by atoms with E-state index in [1.807, 2.05) is 0 Å². The molecule has 0 radical (unpaired) electrons. The van der Waals surface area contributed by atoms with Crippen LogP contribution in [-0.2, 0) is 0 Å². The Bertz CT molecular complexity index is 446. The summed E-state index contributed by atoms with van der Waals surface area (Å²) in [6, 6.07) is 3.51. The Morgan fingerprint density at radius 2 is 1.68 bits per heavy atom. The van der Waals surface area contributed by atoms with Crippen LogP contribution in [0.3, 0.4) is 0 Å². The number of unbranched alkanes of at least 4 members (excludes halogenated alkanes) is 5. The number of rotatable bonds is 12. The fraction of sp³-hybridized carbons (Fsp3) is 0.611. The molecule has 0 aliphatic heterocycles. The van der Waals surface area contributed by atoms with Gasteiger partial charge in [0.05, 0.1) is 17.7 Å². The Hall–Kier alpha value is -1.03. The van der Waals surface area contributed by atoms with Crippen molar-refractivity contribution in [3.63, 3.8) is 0 Å². The van der Waals surface area contributed by atoms with Crippen molar-refractivity contribution in [1.82, 2.24) is 0 Å². The maximum absolute atomic E-state index is 11.0. The molecule has 0 fully saturated rings. The fourth-order valence-electron chi connectivity index (χ4n) is 2.17. The van der Waals surface area contributed by atoms with Crippen molar-refractivity contribution >= 4 is 22.2 Å². The van der Waals surface area contributed by atoms with E-state index in [0.717, 1.165) is 23.6 Å². The molecule has 0 aliphatic carbocycles. The summed E-state index contributed by atoms with van der Waals surface area (Å²) in [4.78, 5) is 11.0. The second-order valence-corrected chi connectivity index (χ2v) is 6.27. The van der Waals surface area contributed by atoms with Crippen molar-refractivity contribution in [2.24, 2.45) is 0 Å². The number of carbonyl (C=O) groups excluding carboxylic acids is 1. The third kappa shape index (κ3) is 6.82. The highest BCUT2D eigenvalue weighted by Gasteiger charge is 2.12. The molecule has 0 bridgehead atoms. The molecule has 4 heteroatoms. The van der Waals surface area contributed by atoms with E-state index in [1.54, 1.807) is 12.1 Å². The molecule has 0 N–H and O–H groups in total. The van der Waals surface area contributed by atoms with Crippen molar-refractivity contribution < 1.29 is 14.3 Å². The minimum atomic E-state index is 0.588. The molecule has 0 saturated heterocycles. The van der Waals surface area contributed by atoms with Gasteiger partial charge in [0.1, 0.15) is 6.29 Å². The maximum Gasteiger partial charge on any atom is 0.175 e. The van der Waals surface area contributed by atoms with Gasteiger partial charge in [-0.1, -0.05) is 46.0 Å². The molecule has 0 heterocycles. The normalized spacial score (nSPS) is 10.5. The first-order valence-electron chi connectivity index (χ1n) is 8.27. The lowest BCUT2D eigenvalue weighted by Gasteiger charge is -2.14. The lowest BCUT2D eigenvalue weighted by atomic mass is 10.1. The molecule has 0 saturated carbocycles. The summed E-state index contributed by atoms with van der Waals surface area (Å²) in [6.07, 6.45) is 9.12. The predicted octanol–water partition coefficient (Wildman–Crippen LogP) is 5.79. The molecular formula is C18H27BrO3. The van der Waals surface area contributed by atoms with Crippen LogP contribution in [0.5, 0.6) is 11.5 Å². The van der Waals surface area contributed by atoms with Gasteiger partial charge in [0.25, 0.3) is 0 Å². The molecule has 1 aromatic carbocycles. The van der Waals surface area contributed by atoms with Gasteiger partial charge < -0.3 is 9.47 Å². The molecule has 0 unspecified atom stereocenters. The van der Waals surface area contributed by atoms with Crippen LogP contribution in [0.25, 0.3) is 0 Å². The molecule has 0 aromatic heterocycles. The number of halogens is 1. The number of ether oxygens (including phenoxy) is 2. The Morgan fingerprint density at radius 3 is 2.36 bits per heavy atom. The molecular weight excluding hydrogens is 344 g/mol. The monoisotopic (exact) mass is 370 g/mol. The van der Waals surface area contributed by atoms with E-state index >= 15 is 0 Å². The van der Waals surface area contributed by atoms with Gasteiger partial charge in [-0.2, -0.15) is 0 Å². The average molecular weight is 371 g/mol. The van der Waals surface area contributed by atoms with E-state index in [-0.39, 0.29) is 0 Å². The van der Waals surface area contributed by atoms with Gasteiger partial charge >= 0.3 is 0 Å². The fourth-order valence-corrected chi connectivity index (χ4v) is 2.75. The molecule has 1 aromatic rings. The van der Waals surface area contributed by atoms with Crippen molar-refractivity contribution in [2.45, 2.75) is 58.8 Å². The molecule has 124 valence electrons. The van der Waals surface area contributed by atoms with E-state index in [2.05, 4.69) is 29.8 Å². The topological polar surface area (TPSA) is 35.5 Å². The van der Waals surface area contributed by atoms with Crippen LogP contribution < -0.4 is 9.47 Å².